The van der Waals surface area contributed by atoms with Gasteiger partial charge in [0.15, 0.2) is 5.75 Å². The quantitative estimate of drug-likeness (QED) is 0.241. The summed E-state index contributed by atoms with van der Waals surface area (Å²) >= 11 is 12.4. The molecule has 43 heavy (non-hydrogen) atoms. The van der Waals surface area contributed by atoms with Gasteiger partial charge in [-0.2, -0.15) is 0 Å². The molecule has 2 N–H and O–H groups in total. The summed E-state index contributed by atoms with van der Waals surface area (Å²) in [5, 5.41) is 7.24. The molecule has 0 radical (unpaired) electrons. The maximum absolute atomic E-state index is 14.4. The number of amides is 2. The molecule has 5 rings (SSSR count). The van der Waals surface area contributed by atoms with Gasteiger partial charge in [0.05, 0.1) is 16.0 Å². The molecule has 1 heterocycles. The van der Waals surface area contributed by atoms with Crippen molar-refractivity contribution in [2.24, 2.45) is 5.92 Å². The Morgan fingerprint density at radius 3 is 2.35 bits per heavy atom. The molecular formula is C32H35Cl3FN3O4. The molecule has 1 saturated heterocycles. The van der Waals surface area contributed by atoms with E-state index in [1.165, 1.54) is 6.07 Å². The van der Waals surface area contributed by atoms with Crippen molar-refractivity contribution in [2.75, 3.05) is 26.3 Å². The predicted molar refractivity (Wildman–Crippen MR) is 168 cm³/mol. The third-order valence-corrected chi connectivity index (χ3v) is 8.10. The van der Waals surface area contributed by atoms with Crippen LogP contribution in [0.3, 0.4) is 0 Å². The Labute approximate surface area is 267 Å². The molecule has 11 heteroatoms. The molecule has 230 valence electrons. The fourth-order valence-corrected chi connectivity index (χ4v) is 5.87. The van der Waals surface area contributed by atoms with Crippen LogP contribution in [-0.2, 0) is 11.3 Å². The summed E-state index contributed by atoms with van der Waals surface area (Å²) in [7, 11) is 0. The van der Waals surface area contributed by atoms with E-state index in [-0.39, 0.29) is 61.9 Å². The molecule has 2 fully saturated rings. The van der Waals surface area contributed by atoms with Gasteiger partial charge in [-0.3, -0.25) is 9.59 Å². The van der Waals surface area contributed by atoms with Gasteiger partial charge in [-0.05, 0) is 80.8 Å². The second-order valence-corrected chi connectivity index (χ2v) is 11.6. The first kappa shape index (κ1) is 32.9. The van der Waals surface area contributed by atoms with Crippen molar-refractivity contribution in [2.45, 2.75) is 44.8 Å². The number of benzene rings is 3. The Hall–Kier alpha value is -3.04. The Kier molecular flexibility index (Phi) is 11.5. The van der Waals surface area contributed by atoms with Crippen LogP contribution in [0.4, 0.5) is 4.39 Å². The van der Waals surface area contributed by atoms with Crippen LogP contribution in [0.25, 0.3) is 0 Å². The molecule has 0 spiro atoms. The van der Waals surface area contributed by atoms with Gasteiger partial charge in [0, 0.05) is 36.3 Å². The summed E-state index contributed by atoms with van der Waals surface area (Å²) in [6.45, 7) is 3.78. The topological polar surface area (TPSA) is 79.9 Å². The maximum atomic E-state index is 14.4. The van der Waals surface area contributed by atoms with E-state index in [2.05, 4.69) is 10.6 Å². The summed E-state index contributed by atoms with van der Waals surface area (Å²) in [5.41, 5.74) is 1.91. The molecule has 2 atom stereocenters. The van der Waals surface area contributed by atoms with Gasteiger partial charge >= 0.3 is 0 Å². The zero-order valence-electron chi connectivity index (χ0n) is 23.8. The van der Waals surface area contributed by atoms with E-state index in [0.717, 1.165) is 18.4 Å². The molecular weight excluding hydrogens is 616 g/mol. The zero-order chi connectivity index (χ0) is 29.6. The highest BCUT2D eigenvalue weighted by atomic mass is 35.5. The molecule has 3 aromatic carbocycles. The first-order valence-corrected chi connectivity index (χ1v) is 14.9. The third kappa shape index (κ3) is 8.54. The van der Waals surface area contributed by atoms with Crippen LogP contribution in [0.1, 0.15) is 40.7 Å². The lowest BCUT2D eigenvalue weighted by atomic mass is 9.91. The van der Waals surface area contributed by atoms with Crippen molar-refractivity contribution < 1.29 is 23.5 Å². The van der Waals surface area contributed by atoms with Crippen molar-refractivity contribution in [1.82, 2.24) is 15.5 Å². The fraction of sp³-hybridized carbons (Fsp3) is 0.375. The smallest absolute Gasteiger partial charge is 0.251 e. The summed E-state index contributed by atoms with van der Waals surface area (Å²) in [5.74, 6) is -0.0697. The van der Waals surface area contributed by atoms with Gasteiger partial charge in [-0.25, -0.2) is 4.39 Å². The number of rotatable bonds is 11. The number of halogens is 4. The van der Waals surface area contributed by atoms with Crippen LogP contribution in [0.5, 0.6) is 11.5 Å². The lowest BCUT2D eigenvalue weighted by Crippen LogP contribution is -2.55. The number of ether oxygens (including phenoxy) is 2. The van der Waals surface area contributed by atoms with E-state index in [4.69, 9.17) is 32.7 Å². The van der Waals surface area contributed by atoms with Crippen LogP contribution in [-0.4, -0.2) is 55.1 Å². The standard InChI is InChI=1S/C32H34Cl2FN3O4.ClH/c1-20-16-26(33)30(27(34)17-20)42-15-14-41-24-10-6-21(7-11-24)31(39)37-29-12-13-36-18-25(29)32(40)38(23-8-9-23)19-22-4-2-3-5-28(22)35;/h2-7,10-11,16-17,23,25,29,36H,8-9,12-15,18-19H2,1H3,(H,37,39);1H. The molecule has 3 aromatic rings. The monoisotopic (exact) mass is 649 g/mol. The summed E-state index contributed by atoms with van der Waals surface area (Å²) in [6, 6.07) is 16.7. The lowest BCUT2D eigenvalue weighted by molar-refractivity contribution is -0.138. The molecule has 2 aliphatic rings. The van der Waals surface area contributed by atoms with E-state index < -0.39 is 5.92 Å². The average molecular weight is 651 g/mol. The highest BCUT2D eigenvalue weighted by Crippen LogP contribution is 2.34. The second-order valence-electron chi connectivity index (χ2n) is 10.7. The van der Waals surface area contributed by atoms with Gasteiger partial charge in [0.1, 0.15) is 24.8 Å². The molecule has 2 unspecified atom stereocenters. The second kappa shape index (κ2) is 15.1. The molecule has 0 aromatic heterocycles. The lowest BCUT2D eigenvalue weighted by Gasteiger charge is -2.36. The third-order valence-electron chi connectivity index (χ3n) is 7.54. The minimum Gasteiger partial charge on any atom is -0.490 e. The fourth-order valence-electron chi connectivity index (χ4n) is 5.17. The van der Waals surface area contributed by atoms with Crippen LogP contribution in [0.15, 0.2) is 60.7 Å². The molecule has 2 amide bonds. The molecule has 1 aliphatic carbocycles. The number of nitrogens with zero attached hydrogens (tertiary/aromatic N) is 1. The van der Waals surface area contributed by atoms with Crippen LogP contribution in [0.2, 0.25) is 10.0 Å². The normalized spacial score (nSPS) is 17.9. The highest BCUT2D eigenvalue weighted by Gasteiger charge is 2.40. The van der Waals surface area contributed by atoms with Crippen LogP contribution >= 0.6 is 35.6 Å². The van der Waals surface area contributed by atoms with Crippen LogP contribution < -0.4 is 20.1 Å². The van der Waals surface area contributed by atoms with Crippen molar-refractivity contribution >= 4 is 47.4 Å². The van der Waals surface area contributed by atoms with E-state index in [9.17, 15) is 14.0 Å². The predicted octanol–water partition coefficient (Wildman–Crippen LogP) is 6.22. The number of aryl methyl sites for hydroxylation is 1. The number of hydrogen-bond acceptors (Lipinski definition) is 5. The Morgan fingerprint density at radius 1 is 1.00 bits per heavy atom. The van der Waals surface area contributed by atoms with Gasteiger partial charge in [-0.15, -0.1) is 12.4 Å². The van der Waals surface area contributed by atoms with Crippen molar-refractivity contribution in [3.05, 3.63) is 93.2 Å². The molecule has 1 aliphatic heterocycles. The van der Waals surface area contributed by atoms with Gasteiger partial charge in [-0.1, -0.05) is 41.4 Å². The van der Waals surface area contributed by atoms with E-state index in [1.54, 1.807) is 59.5 Å². The molecule has 0 bridgehead atoms. The zero-order valence-corrected chi connectivity index (χ0v) is 26.1. The van der Waals surface area contributed by atoms with Crippen molar-refractivity contribution in [3.63, 3.8) is 0 Å². The Morgan fingerprint density at radius 2 is 1.67 bits per heavy atom. The number of piperidine rings is 1. The average Bonchev–Trinajstić information content (AvgIpc) is 3.81. The summed E-state index contributed by atoms with van der Waals surface area (Å²) in [6.07, 6.45) is 2.44. The van der Waals surface area contributed by atoms with Crippen molar-refractivity contribution in [1.29, 1.82) is 0 Å². The number of nitrogens with one attached hydrogen (secondary N) is 2. The van der Waals surface area contributed by atoms with Crippen LogP contribution in [0, 0.1) is 18.7 Å². The number of carbonyl (C=O) groups is 2. The van der Waals surface area contributed by atoms with E-state index in [0.29, 0.717) is 52.2 Å². The summed E-state index contributed by atoms with van der Waals surface area (Å²) in [4.78, 5) is 28.6. The Balaban J connectivity index is 0.00000423. The minimum absolute atomic E-state index is 0. The minimum atomic E-state index is -0.437. The summed E-state index contributed by atoms with van der Waals surface area (Å²) < 4.78 is 25.8. The van der Waals surface area contributed by atoms with E-state index >= 15 is 0 Å². The largest absolute Gasteiger partial charge is 0.490 e. The SMILES string of the molecule is Cc1cc(Cl)c(OCCOc2ccc(C(=O)NC3CCNCC3C(=O)N(Cc3ccccc3F)C3CC3)cc2)c(Cl)c1.Cl. The highest BCUT2D eigenvalue weighted by molar-refractivity contribution is 6.37. The molecule has 7 nitrogen and oxygen atoms in total. The number of hydrogen-bond donors (Lipinski definition) is 2. The maximum Gasteiger partial charge on any atom is 0.251 e. The Bertz CT molecular complexity index is 1400. The molecule has 1 saturated carbocycles. The van der Waals surface area contributed by atoms with Gasteiger partial charge in [0.25, 0.3) is 5.91 Å². The first-order valence-electron chi connectivity index (χ1n) is 14.2. The first-order chi connectivity index (χ1) is 20.3. The van der Waals surface area contributed by atoms with E-state index in [1.807, 2.05) is 6.92 Å². The van der Waals surface area contributed by atoms with Gasteiger partial charge in [0.2, 0.25) is 5.91 Å². The number of carbonyl (C=O) groups excluding carboxylic acids is 2. The van der Waals surface area contributed by atoms with Gasteiger partial charge < -0.3 is 25.0 Å². The van der Waals surface area contributed by atoms with Crippen molar-refractivity contribution in [3.8, 4) is 11.5 Å².